The molecule has 0 radical (unpaired) electrons. The summed E-state index contributed by atoms with van der Waals surface area (Å²) in [5.74, 6) is -0.978. The Kier molecular flexibility index (Phi) is 12.0. The predicted molar refractivity (Wildman–Crippen MR) is 177 cm³/mol. The third-order valence-corrected chi connectivity index (χ3v) is 9.06. The van der Waals surface area contributed by atoms with Gasteiger partial charge in [-0.2, -0.15) is 4.31 Å². The van der Waals surface area contributed by atoms with Crippen LogP contribution in [0.5, 0.6) is 0 Å². The highest BCUT2D eigenvalue weighted by Crippen LogP contribution is 2.20. The number of hydrogen-bond acceptors (Lipinski definition) is 7. The number of aliphatic hydroxyl groups excluding tert-OH is 1. The number of rotatable bonds is 15. The number of hydroxylamine groups is 1. The molecule has 0 aliphatic rings. The molecule has 4 aromatic carbocycles. The first-order valence-corrected chi connectivity index (χ1v) is 16.4. The van der Waals surface area contributed by atoms with Crippen LogP contribution in [0.4, 0.5) is 5.69 Å². The molecule has 0 bridgehead atoms. The van der Waals surface area contributed by atoms with Crippen molar-refractivity contribution < 1.29 is 28.0 Å². The average Bonchev–Trinajstić information content (AvgIpc) is 3.05. The van der Waals surface area contributed by atoms with Gasteiger partial charge in [-0.15, -0.1) is 0 Å². The maximum Gasteiger partial charge on any atom is 0.274 e. The zero-order chi connectivity index (χ0) is 33.1. The van der Waals surface area contributed by atoms with Crippen molar-refractivity contribution in [1.29, 1.82) is 0 Å². The number of nitrogens with zero attached hydrogens (tertiary/aromatic N) is 1. The van der Waals surface area contributed by atoms with E-state index in [9.17, 15) is 23.1 Å². The summed E-state index contributed by atoms with van der Waals surface area (Å²) in [5.41, 5.74) is 10.9. The molecule has 0 aliphatic carbocycles. The number of amides is 2. The molecule has 0 heterocycles. The van der Waals surface area contributed by atoms with Crippen molar-refractivity contribution in [2.45, 2.75) is 43.9 Å². The Bertz CT molecular complexity index is 1670. The Hall–Kier alpha value is -4.55. The fourth-order valence-corrected chi connectivity index (χ4v) is 6.42. The molecule has 10 nitrogen and oxygen atoms in total. The van der Waals surface area contributed by atoms with Crippen LogP contribution in [-0.4, -0.2) is 54.9 Å². The highest BCUT2D eigenvalue weighted by atomic mass is 32.2. The quantitative estimate of drug-likeness (QED) is 0.112. The molecular weight excluding hydrogens is 604 g/mol. The van der Waals surface area contributed by atoms with E-state index in [4.69, 9.17) is 10.6 Å². The second kappa shape index (κ2) is 16.1. The van der Waals surface area contributed by atoms with Crippen molar-refractivity contribution in [2.24, 2.45) is 5.92 Å². The number of nitrogens with one attached hydrogen (secondary N) is 2. The summed E-state index contributed by atoms with van der Waals surface area (Å²) in [5, 5.41) is 14.4. The van der Waals surface area contributed by atoms with Crippen molar-refractivity contribution in [3.05, 3.63) is 131 Å². The lowest BCUT2D eigenvalue weighted by molar-refractivity contribution is 0.0233. The predicted octanol–water partition coefficient (Wildman–Crippen LogP) is 4.18. The van der Waals surface area contributed by atoms with E-state index in [0.717, 1.165) is 11.1 Å². The van der Waals surface area contributed by atoms with Crippen LogP contribution in [-0.2, 0) is 27.9 Å². The maximum atomic E-state index is 13.6. The zero-order valence-corrected chi connectivity index (χ0v) is 26.7. The third kappa shape index (κ3) is 9.72. The van der Waals surface area contributed by atoms with Gasteiger partial charge in [0.25, 0.3) is 11.8 Å². The summed E-state index contributed by atoms with van der Waals surface area (Å²) < 4.78 is 28.5. The Morgan fingerprint density at radius 3 is 1.89 bits per heavy atom. The molecule has 4 aromatic rings. The molecule has 0 saturated heterocycles. The third-order valence-electron chi connectivity index (χ3n) is 7.21. The molecule has 4 rings (SSSR count). The van der Waals surface area contributed by atoms with Gasteiger partial charge in [-0.3, -0.25) is 14.4 Å². The normalized spacial score (nSPS) is 12.9. The standard InChI is InChI=1S/C35H40N4O6S/c1-25(2)22-39(46(43,44)31-19-17-30(36)18-20-31)23-33(40)32(21-26-9-5-3-6-10-26)37-34(41)28-13-15-29(16-14-28)35(42)38-45-24-27-11-7-4-8-12-27/h3-20,25,32-33,40H,21-24,36H2,1-2H3,(H,37,41)(H,38,42)/t32-,33+/m0/s1. The lowest BCUT2D eigenvalue weighted by Crippen LogP contribution is -2.51. The highest BCUT2D eigenvalue weighted by molar-refractivity contribution is 7.89. The van der Waals surface area contributed by atoms with Gasteiger partial charge in [0.2, 0.25) is 10.0 Å². The first kappa shape index (κ1) is 34.3. The monoisotopic (exact) mass is 644 g/mol. The van der Waals surface area contributed by atoms with E-state index in [-0.39, 0.29) is 42.5 Å². The molecule has 242 valence electrons. The summed E-state index contributed by atoms with van der Waals surface area (Å²) in [4.78, 5) is 31.3. The molecule has 0 unspecified atom stereocenters. The van der Waals surface area contributed by atoms with Crippen LogP contribution in [0.15, 0.2) is 114 Å². The van der Waals surface area contributed by atoms with Crippen LogP contribution in [0.1, 0.15) is 45.7 Å². The van der Waals surface area contributed by atoms with Crippen LogP contribution in [0.25, 0.3) is 0 Å². The first-order valence-electron chi connectivity index (χ1n) is 15.0. The van der Waals surface area contributed by atoms with Crippen LogP contribution < -0.4 is 16.5 Å². The van der Waals surface area contributed by atoms with Crippen LogP contribution in [0, 0.1) is 5.92 Å². The van der Waals surface area contributed by atoms with Crippen molar-refractivity contribution in [1.82, 2.24) is 15.1 Å². The topological polar surface area (TPSA) is 151 Å². The minimum Gasteiger partial charge on any atom is -0.399 e. The Balaban J connectivity index is 1.47. The molecule has 0 aliphatic heterocycles. The summed E-state index contributed by atoms with van der Waals surface area (Å²) >= 11 is 0. The fourth-order valence-electron chi connectivity index (χ4n) is 4.80. The van der Waals surface area contributed by atoms with E-state index >= 15 is 0 Å². The molecule has 0 fully saturated rings. The first-order chi connectivity index (χ1) is 22.0. The van der Waals surface area contributed by atoms with Gasteiger partial charge in [0.1, 0.15) is 0 Å². The van der Waals surface area contributed by atoms with Gasteiger partial charge in [0.15, 0.2) is 0 Å². The minimum absolute atomic E-state index is 0.0302. The Labute approximate surface area is 270 Å². The van der Waals surface area contributed by atoms with Crippen LogP contribution in [0.3, 0.4) is 0 Å². The second-order valence-corrected chi connectivity index (χ2v) is 13.3. The molecule has 2 atom stereocenters. The number of sulfonamides is 1. The number of benzene rings is 4. The molecular formula is C35H40N4O6S. The van der Waals surface area contributed by atoms with Crippen LogP contribution in [0.2, 0.25) is 0 Å². The van der Waals surface area contributed by atoms with Gasteiger partial charge in [-0.05, 0) is 72.0 Å². The summed E-state index contributed by atoms with van der Waals surface area (Å²) in [7, 11) is -3.97. The number of aliphatic hydroxyl groups is 1. The SMILES string of the molecule is CC(C)CN(C[C@@H](O)[C@H](Cc1ccccc1)NC(=O)c1ccc(C(=O)NOCc2ccccc2)cc1)S(=O)(=O)c1ccc(N)cc1. The fraction of sp³-hybridized carbons (Fsp3) is 0.257. The maximum absolute atomic E-state index is 13.6. The van der Waals surface area contributed by atoms with Gasteiger partial charge < -0.3 is 16.2 Å². The van der Waals surface area contributed by atoms with Gasteiger partial charge >= 0.3 is 0 Å². The molecule has 0 spiro atoms. The van der Waals surface area contributed by atoms with E-state index in [1.807, 2.05) is 74.5 Å². The van der Waals surface area contributed by atoms with E-state index in [1.165, 1.54) is 52.8 Å². The van der Waals surface area contributed by atoms with Crippen molar-refractivity contribution in [2.75, 3.05) is 18.8 Å². The van der Waals surface area contributed by atoms with Crippen LogP contribution >= 0.6 is 0 Å². The van der Waals surface area contributed by atoms with Gasteiger partial charge in [0.05, 0.1) is 23.6 Å². The number of nitrogen functional groups attached to an aromatic ring is 1. The molecule has 0 aromatic heterocycles. The number of anilines is 1. The summed E-state index contributed by atoms with van der Waals surface area (Å²) in [6.45, 7) is 3.90. The lowest BCUT2D eigenvalue weighted by Gasteiger charge is -2.31. The largest absolute Gasteiger partial charge is 0.399 e. The van der Waals surface area contributed by atoms with Gasteiger partial charge in [-0.1, -0.05) is 74.5 Å². The average molecular weight is 645 g/mol. The van der Waals surface area contributed by atoms with E-state index in [2.05, 4.69) is 10.8 Å². The number of carbonyl (C=O) groups is 2. The molecule has 5 N–H and O–H groups in total. The van der Waals surface area contributed by atoms with E-state index in [1.54, 1.807) is 0 Å². The zero-order valence-electron chi connectivity index (χ0n) is 25.9. The highest BCUT2D eigenvalue weighted by Gasteiger charge is 2.31. The molecule has 0 saturated carbocycles. The van der Waals surface area contributed by atoms with Crippen molar-refractivity contribution >= 4 is 27.5 Å². The molecule has 46 heavy (non-hydrogen) atoms. The van der Waals surface area contributed by atoms with Crippen molar-refractivity contribution in [3.63, 3.8) is 0 Å². The van der Waals surface area contributed by atoms with E-state index < -0.39 is 34.0 Å². The number of carbonyl (C=O) groups excluding carboxylic acids is 2. The van der Waals surface area contributed by atoms with Crippen molar-refractivity contribution in [3.8, 4) is 0 Å². The number of nitrogens with two attached hydrogens (primary N) is 1. The van der Waals surface area contributed by atoms with E-state index in [0.29, 0.717) is 11.3 Å². The minimum atomic E-state index is -3.97. The van der Waals surface area contributed by atoms with Gasteiger partial charge in [0, 0.05) is 29.9 Å². The lowest BCUT2D eigenvalue weighted by atomic mass is 10.00. The Morgan fingerprint density at radius 1 is 0.783 bits per heavy atom. The Morgan fingerprint density at radius 2 is 1.33 bits per heavy atom. The van der Waals surface area contributed by atoms with Gasteiger partial charge in [-0.25, -0.2) is 13.9 Å². The summed E-state index contributed by atoms with van der Waals surface area (Å²) in [6, 6.07) is 29.8. The molecule has 2 amide bonds. The smallest absolute Gasteiger partial charge is 0.274 e. The second-order valence-electron chi connectivity index (χ2n) is 11.4. The number of hydrogen-bond donors (Lipinski definition) is 4. The summed E-state index contributed by atoms with van der Waals surface area (Å²) in [6.07, 6.45) is -0.997. The molecule has 11 heteroatoms.